The molecule has 1 saturated heterocycles. The molecule has 3 aromatic rings. The largest absolute Gasteiger partial charge is 0.342 e. The third kappa shape index (κ3) is 7.11. The van der Waals surface area contributed by atoms with Crippen molar-refractivity contribution in [2.75, 3.05) is 25.0 Å². The van der Waals surface area contributed by atoms with Crippen LogP contribution in [-0.2, 0) is 32.6 Å². The summed E-state index contributed by atoms with van der Waals surface area (Å²) in [6.45, 7) is 1.09. The molecule has 1 aliphatic heterocycles. The van der Waals surface area contributed by atoms with Gasteiger partial charge in [0.05, 0.1) is 17.9 Å². The van der Waals surface area contributed by atoms with Crippen LogP contribution in [0.5, 0.6) is 0 Å². The third-order valence-electron chi connectivity index (χ3n) is 6.13. The number of benzene rings is 3. The van der Waals surface area contributed by atoms with E-state index in [1.807, 2.05) is 4.90 Å². The highest BCUT2D eigenvalue weighted by Crippen LogP contribution is 2.24. The molecule has 194 valence electrons. The Balaban J connectivity index is 1.47. The third-order valence-corrected chi connectivity index (χ3v) is 8.55. The second-order valence-electron chi connectivity index (χ2n) is 8.83. The van der Waals surface area contributed by atoms with Gasteiger partial charge in [0.1, 0.15) is 0 Å². The molecule has 37 heavy (non-hydrogen) atoms. The molecule has 0 radical (unpaired) electrons. The van der Waals surface area contributed by atoms with Crippen LogP contribution in [0.25, 0.3) is 0 Å². The molecule has 3 aromatic carbocycles. The Bertz CT molecular complexity index is 1360. The van der Waals surface area contributed by atoms with Gasteiger partial charge in [0.15, 0.2) is 0 Å². The lowest BCUT2D eigenvalue weighted by Crippen LogP contribution is -2.37. The minimum Gasteiger partial charge on any atom is -0.342 e. The molecule has 0 spiro atoms. The van der Waals surface area contributed by atoms with Crippen LogP contribution in [0.15, 0.2) is 77.7 Å². The van der Waals surface area contributed by atoms with Crippen molar-refractivity contribution in [3.8, 4) is 0 Å². The number of nitrogens with zero attached hydrogens (tertiary/aromatic N) is 2. The second kappa shape index (κ2) is 12.1. The van der Waals surface area contributed by atoms with E-state index in [0.717, 1.165) is 35.8 Å². The van der Waals surface area contributed by atoms with E-state index >= 15 is 0 Å². The Hall–Kier alpha value is -2.91. The number of likely N-dealkylation sites (tertiary alicyclic amines) is 1. The maximum Gasteiger partial charge on any atom is 0.243 e. The summed E-state index contributed by atoms with van der Waals surface area (Å²) in [4.78, 5) is 27.2. The summed E-state index contributed by atoms with van der Waals surface area (Å²) < 4.78 is 27.9. The molecular formula is C27H27Cl2N3O4S. The van der Waals surface area contributed by atoms with Crippen molar-refractivity contribution in [2.24, 2.45) is 0 Å². The van der Waals surface area contributed by atoms with Gasteiger partial charge in [0.25, 0.3) is 0 Å². The SMILES string of the molecule is O=C(CN(Cc1ccccc1Cl)S(=O)(=O)c1ccc(Cl)cc1)Nc1ccc(CC(=O)N2CCCC2)cc1. The predicted octanol–water partition coefficient (Wildman–Crippen LogP) is 4.99. The van der Waals surface area contributed by atoms with Gasteiger partial charge in [0, 0.05) is 35.4 Å². The number of nitrogens with one attached hydrogen (secondary N) is 1. The molecular weight excluding hydrogens is 533 g/mol. The number of rotatable bonds is 9. The molecule has 1 N–H and O–H groups in total. The van der Waals surface area contributed by atoms with E-state index in [9.17, 15) is 18.0 Å². The summed E-state index contributed by atoms with van der Waals surface area (Å²) in [5.74, 6) is -0.414. The Morgan fingerprint density at radius 2 is 1.54 bits per heavy atom. The van der Waals surface area contributed by atoms with Crippen LogP contribution in [0.1, 0.15) is 24.0 Å². The van der Waals surface area contributed by atoms with Crippen LogP contribution in [0, 0.1) is 0 Å². The molecule has 2 amide bonds. The number of carbonyl (C=O) groups is 2. The lowest BCUT2D eigenvalue weighted by molar-refractivity contribution is -0.129. The lowest BCUT2D eigenvalue weighted by Gasteiger charge is -2.22. The number of hydrogen-bond acceptors (Lipinski definition) is 4. The van der Waals surface area contributed by atoms with Gasteiger partial charge in [-0.2, -0.15) is 4.31 Å². The van der Waals surface area contributed by atoms with Crippen molar-refractivity contribution >= 4 is 50.7 Å². The van der Waals surface area contributed by atoms with Gasteiger partial charge in [0.2, 0.25) is 21.8 Å². The van der Waals surface area contributed by atoms with Crippen LogP contribution in [0.4, 0.5) is 5.69 Å². The number of anilines is 1. The molecule has 0 bridgehead atoms. The zero-order valence-corrected chi connectivity index (χ0v) is 22.4. The maximum atomic E-state index is 13.4. The molecule has 0 atom stereocenters. The van der Waals surface area contributed by atoms with E-state index in [1.165, 1.54) is 24.3 Å². The smallest absolute Gasteiger partial charge is 0.243 e. The van der Waals surface area contributed by atoms with Crippen molar-refractivity contribution in [1.82, 2.24) is 9.21 Å². The number of hydrogen-bond donors (Lipinski definition) is 1. The van der Waals surface area contributed by atoms with E-state index in [0.29, 0.717) is 27.7 Å². The van der Waals surface area contributed by atoms with E-state index in [2.05, 4.69) is 5.32 Å². The Morgan fingerprint density at radius 3 is 2.19 bits per heavy atom. The lowest BCUT2D eigenvalue weighted by atomic mass is 10.1. The highest BCUT2D eigenvalue weighted by atomic mass is 35.5. The first kappa shape index (κ1) is 27.1. The van der Waals surface area contributed by atoms with Crippen LogP contribution in [0.2, 0.25) is 10.0 Å². The van der Waals surface area contributed by atoms with E-state index < -0.39 is 22.5 Å². The Kier molecular flexibility index (Phi) is 8.87. The minimum atomic E-state index is -4.04. The van der Waals surface area contributed by atoms with Crippen LogP contribution in [0.3, 0.4) is 0 Å². The minimum absolute atomic E-state index is 0.0174. The van der Waals surface area contributed by atoms with Gasteiger partial charge in [-0.3, -0.25) is 9.59 Å². The first-order valence-electron chi connectivity index (χ1n) is 11.9. The van der Waals surface area contributed by atoms with Crippen molar-refractivity contribution < 1.29 is 18.0 Å². The molecule has 0 saturated carbocycles. The average molecular weight is 561 g/mol. The van der Waals surface area contributed by atoms with E-state index in [4.69, 9.17) is 23.2 Å². The molecule has 10 heteroatoms. The Morgan fingerprint density at radius 1 is 0.892 bits per heavy atom. The van der Waals surface area contributed by atoms with Gasteiger partial charge in [-0.05, 0) is 66.4 Å². The molecule has 4 rings (SSSR count). The number of sulfonamides is 1. The zero-order chi connectivity index (χ0) is 26.4. The van der Waals surface area contributed by atoms with Gasteiger partial charge < -0.3 is 10.2 Å². The predicted molar refractivity (Wildman–Crippen MR) is 145 cm³/mol. The van der Waals surface area contributed by atoms with Crippen molar-refractivity contribution in [3.05, 3.63) is 94.0 Å². The monoisotopic (exact) mass is 559 g/mol. The molecule has 0 aromatic heterocycles. The summed E-state index contributed by atoms with van der Waals surface area (Å²) in [7, 11) is -4.04. The molecule has 1 fully saturated rings. The number of carbonyl (C=O) groups excluding carboxylic acids is 2. The first-order valence-corrected chi connectivity index (χ1v) is 14.1. The molecule has 1 aliphatic rings. The average Bonchev–Trinajstić information content (AvgIpc) is 3.42. The van der Waals surface area contributed by atoms with Crippen LogP contribution in [-0.4, -0.2) is 49.1 Å². The quantitative estimate of drug-likeness (QED) is 0.400. The number of amides is 2. The summed E-state index contributed by atoms with van der Waals surface area (Å²) in [6.07, 6.45) is 2.38. The van der Waals surface area contributed by atoms with Gasteiger partial charge in [-0.1, -0.05) is 53.5 Å². The van der Waals surface area contributed by atoms with Gasteiger partial charge in [-0.25, -0.2) is 8.42 Å². The standard InChI is InChI=1S/C27H27Cl2N3O4S/c28-22-9-13-24(14-10-22)37(35,36)32(18-21-5-1-2-6-25(21)29)19-26(33)30-23-11-7-20(8-12-23)17-27(34)31-15-3-4-16-31/h1-2,5-14H,3-4,15-19H2,(H,30,33). The number of halogens is 2. The van der Waals surface area contributed by atoms with Crippen LogP contribution < -0.4 is 5.32 Å². The maximum absolute atomic E-state index is 13.4. The van der Waals surface area contributed by atoms with E-state index in [-0.39, 0.29) is 17.3 Å². The Labute approximate surface area is 227 Å². The molecule has 0 unspecified atom stereocenters. The van der Waals surface area contributed by atoms with Crippen molar-refractivity contribution in [1.29, 1.82) is 0 Å². The van der Waals surface area contributed by atoms with E-state index in [1.54, 1.807) is 48.5 Å². The zero-order valence-electron chi connectivity index (χ0n) is 20.1. The second-order valence-corrected chi connectivity index (χ2v) is 11.6. The first-order chi connectivity index (χ1) is 17.7. The summed E-state index contributed by atoms with van der Waals surface area (Å²) in [5, 5.41) is 3.55. The highest BCUT2D eigenvalue weighted by molar-refractivity contribution is 7.89. The molecule has 7 nitrogen and oxygen atoms in total. The fourth-order valence-corrected chi connectivity index (χ4v) is 5.81. The summed E-state index contributed by atoms with van der Waals surface area (Å²) in [5.41, 5.74) is 1.92. The summed E-state index contributed by atoms with van der Waals surface area (Å²) >= 11 is 12.2. The van der Waals surface area contributed by atoms with Gasteiger partial charge >= 0.3 is 0 Å². The molecule has 0 aliphatic carbocycles. The topological polar surface area (TPSA) is 86.8 Å². The van der Waals surface area contributed by atoms with Crippen molar-refractivity contribution in [2.45, 2.75) is 30.7 Å². The van der Waals surface area contributed by atoms with Gasteiger partial charge in [-0.15, -0.1) is 0 Å². The molecule has 1 heterocycles. The fourth-order valence-electron chi connectivity index (χ4n) is 4.12. The fraction of sp³-hybridized carbons (Fsp3) is 0.259. The normalized spacial score (nSPS) is 13.6. The van der Waals surface area contributed by atoms with Crippen molar-refractivity contribution in [3.63, 3.8) is 0 Å². The summed E-state index contributed by atoms with van der Waals surface area (Å²) in [6, 6.07) is 19.6. The highest BCUT2D eigenvalue weighted by Gasteiger charge is 2.27. The van der Waals surface area contributed by atoms with Crippen LogP contribution >= 0.6 is 23.2 Å².